The summed E-state index contributed by atoms with van der Waals surface area (Å²) in [5.74, 6) is 0.172. The summed E-state index contributed by atoms with van der Waals surface area (Å²) in [7, 11) is 0. The summed E-state index contributed by atoms with van der Waals surface area (Å²) >= 11 is 0. The van der Waals surface area contributed by atoms with Gasteiger partial charge in [-0.25, -0.2) is 0 Å². The largest absolute Gasteiger partial charge is 0.484 e. The monoisotopic (exact) mass is 443 g/mol. The molecule has 0 aliphatic rings. The molecule has 0 atom stereocenters. The molecule has 0 spiro atoms. The zero-order valence-corrected chi connectivity index (χ0v) is 18.1. The molecule has 7 heteroatoms. The standard InChI is InChI=1S/C26H21NO6/c1-16-3-9-20(10-4-16)31-15-25(29)27-19-7-5-18(6-8-19)23-14-32-24-13-21(33-17(2)28)11-12-22(24)26(23)30/h3-14H,15H2,1-2H3,(H,27,29). The number of benzene rings is 3. The van der Waals surface area contributed by atoms with Gasteiger partial charge in [0.25, 0.3) is 5.91 Å². The van der Waals surface area contributed by atoms with E-state index in [-0.39, 0.29) is 17.9 Å². The third-order valence-corrected chi connectivity index (χ3v) is 4.88. The number of aryl methyl sites for hydroxylation is 1. The number of anilines is 1. The molecule has 1 N–H and O–H groups in total. The third-order valence-electron chi connectivity index (χ3n) is 4.88. The SMILES string of the molecule is CC(=O)Oc1ccc2c(=O)c(-c3ccc(NC(=O)COc4ccc(C)cc4)cc3)coc2c1. The first-order valence-corrected chi connectivity index (χ1v) is 10.2. The number of carbonyl (C=O) groups excluding carboxylic acids is 2. The van der Waals surface area contributed by atoms with E-state index in [0.717, 1.165) is 5.56 Å². The molecule has 0 saturated heterocycles. The summed E-state index contributed by atoms with van der Waals surface area (Å²) in [5, 5.41) is 3.13. The first kappa shape index (κ1) is 21.8. The van der Waals surface area contributed by atoms with Crippen LogP contribution in [0.15, 0.2) is 82.2 Å². The molecule has 4 rings (SSSR count). The van der Waals surface area contributed by atoms with Gasteiger partial charge in [0.2, 0.25) is 0 Å². The van der Waals surface area contributed by atoms with Crippen molar-refractivity contribution in [2.24, 2.45) is 0 Å². The molecule has 0 unspecified atom stereocenters. The molecule has 1 aromatic heterocycles. The van der Waals surface area contributed by atoms with Gasteiger partial charge in [0.1, 0.15) is 23.3 Å². The molecule has 7 nitrogen and oxygen atoms in total. The summed E-state index contributed by atoms with van der Waals surface area (Å²) in [5.41, 5.74) is 2.81. The zero-order chi connectivity index (χ0) is 23.4. The second kappa shape index (κ2) is 9.40. The average Bonchev–Trinajstić information content (AvgIpc) is 2.79. The highest BCUT2D eigenvalue weighted by molar-refractivity contribution is 5.92. The Morgan fingerprint density at radius 2 is 1.64 bits per heavy atom. The number of nitrogens with one attached hydrogen (secondary N) is 1. The van der Waals surface area contributed by atoms with Gasteiger partial charge in [-0.3, -0.25) is 14.4 Å². The van der Waals surface area contributed by atoms with Crippen molar-refractivity contribution in [2.45, 2.75) is 13.8 Å². The van der Waals surface area contributed by atoms with Crippen LogP contribution < -0.4 is 20.2 Å². The molecular weight excluding hydrogens is 422 g/mol. The van der Waals surface area contributed by atoms with Gasteiger partial charge in [0, 0.05) is 18.7 Å². The molecule has 33 heavy (non-hydrogen) atoms. The van der Waals surface area contributed by atoms with Crippen LogP contribution in [0.1, 0.15) is 12.5 Å². The minimum atomic E-state index is -0.456. The van der Waals surface area contributed by atoms with Crippen LogP contribution in [0.5, 0.6) is 11.5 Å². The van der Waals surface area contributed by atoms with Crippen molar-refractivity contribution in [2.75, 3.05) is 11.9 Å². The van der Waals surface area contributed by atoms with Crippen LogP contribution >= 0.6 is 0 Å². The van der Waals surface area contributed by atoms with Gasteiger partial charge in [0.15, 0.2) is 12.0 Å². The van der Waals surface area contributed by atoms with Crippen LogP contribution in [0.25, 0.3) is 22.1 Å². The Morgan fingerprint density at radius 1 is 0.939 bits per heavy atom. The van der Waals surface area contributed by atoms with Gasteiger partial charge in [-0.05, 0) is 48.9 Å². The van der Waals surface area contributed by atoms with Crippen molar-refractivity contribution in [3.05, 3.63) is 88.8 Å². The molecule has 0 radical (unpaired) electrons. The maximum Gasteiger partial charge on any atom is 0.308 e. The number of hydrogen-bond acceptors (Lipinski definition) is 6. The molecule has 3 aromatic carbocycles. The van der Waals surface area contributed by atoms with Gasteiger partial charge in [-0.2, -0.15) is 0 Å². The van der Waals surface area contributed by atoms with E-state index in [1.165, 1.54) is 19.3 Å². The Hall–Kier alpha value is -4.39. The summed E-state index contributed by atoms with van der Waals surface area (Å²) in [4.78, 5) is 36.2. The predicted molar refractivity (Wildman–Crippen MR) is 125 cm³/mol. The van der Waals surface area contributed by atoms with Crippen LogP contribution in [-0.2, 0) is 9.59 Å². The number of amides is 1. The molecule has 0 bridgehead atoms. The molecule has 0 aliphatic heterocycles. The Morgan fingerprint density at radius 3 is 2.33 bits per heavy atom. The number of hydrogen-bond donors (Lipinski definition) is 1. The molecular formula is C26H21NO6. The number of ether oxygens (including phenoxy) is 2. The van der Waals surface area contributed by atoms with Gasteiger partial charge in [-0.1, -0.05) is 29.8 Å². The zero-order valence-electron chi connectivity index (χ0n) is 18.1. The first-order chi connectivity index (χ1) is 15.9. The van der Waals surface area contributed by atoms with E-state index in [0.29, 0.717) is 39.3 Å². The molecule has 0 fully saturated rings. The van der Waals surface area contributed by atoms with E-state index in [9.17, 15) is 14.4 Å². The Bertz CT molecular complexity index is 1370. The Labute approximate surface area is 189 Å². The highest BCUT2D eigenvalue weighted by Gasteiger charge is 2.11. The van der Waals surface area contributed by atoms with E-state index in [4.69, 9.17) is 13.9 Å². The fraction of sp³-hybridized carbons (Fsp3) is 0.115. The first-order valence-electron chi connectivity index (χ1n) is 10.2. The third kappa shape index (κ3) is 5.27. The van der Waals surface area contributed by atoms with Crippen molar-refractivity contribution in [3.8, 4) is 22.6 Å². The summed E-state index contributed by atoms with van der Waals surface area (Å²) in [6, 6.07) is 18.9. The average molecular weight is 443 g/mol. The lowest BCUT2D eigenvalue weighted by Gasteiger charge is -2.09. The van der Waals surface area contributed by atoms with Crippen LogP contribution in [0.2, 0.25) is 0 Å². The lowest BCUT2D eigenvalue weighted by molar-refractivity contribution is -0.131. The van der Waals surface area contributed by atoms with E-state index in [1.807, 2.05) is 31.2 Å². The van der Waals surface area contributed by atoms with Gasteiger partial charge in [-0.15, -0.1) is 0 Å². The van der Waals surface area contributed by atoms with Crippen LogP contribution in [0.3, 0.4) is 0 Å². The van der Waals surface area contributed by atoms with Gasteiger partial charge >= 0.3 is 5.97 Å². The van der Waals surface area contributed by atoms with Gasteiger partial charge in [0.05, 0.1) is 10.9 Å². The van der Waals surface area contributed by atoms with Gasteiger partial charge < -0.3 is 19.2 Å². The highest BCUT2D eigenvalue weighted by atomic mass is 16.5. The van der Waals surface area contributed by atoms with Crippen molar-refractivity contribution in [3.63, 3.8) is 0 Å². The predicted octanol–water partition coefficient (Wildman–Crippen LogP) is 4.71. The Kier molecular flexibility index (Phi) is 6.22. The molecule has 166 valence electrons. The fourth-order valence-corrected chi connectivity index (χ4v) is 3.25. The number of fused-ring (bicyclic) bond motifs is 1. The molecule has 1 heterocycles. The van der Waals surface area contributed by atoms with Crippen molar-refractivity contribution >= 4 is 28.5 Å². The second-order valence-electron chi connectivity index (χ2n) is 7.46. The summed E-state index contributed by atoms with van der Waals surface area (Å²) < 4.78 is 16.1. The second-order valence-corrected chi connectivity index (χ2v) is 7.46. The fourth-order valence-electron chi connectivity index (χ4n) is 3.25. The topological polar surface area (TPSA) is 94.8 Å². The lowest BCUT2D eigenvalue weighted by Crippen LogP contribution is -2.20. The summed E-state index contributed by atoms with van der Waals surface area (Å²) in [6.07, 6.45) is 1.37. The number of rotatable bonds is 6. The smallest absolute Gasteiger partial charge is 0.308 e. The van der Waals surface area contributed by atoms with E-state index >= 15 is 0 Å². The minimum Gasteiger partial charge on any atom is -0.484 e. The molecule has 4 aromatic rings. The van der Waals surface area contributed by atoms with E-state index < -0.39 is 5.97 Å². The van der Waals surface area contributed by atoms with Crippen molar-refractivity contribution in [1.29, 1.82) is 0 Å². The quantitative estimate of drug-likeness (QED) is 0.343. The van der Waals surface area contributed by atoms with Crippen LogP contribution in [0, 0.1) is 6.92 Å². The maximum absolute atomic E-state index is 12.9. The number of carbonyl (C=O) groups is 2. The summed E-state index contributed by atoms with van der Waals surface area (Å²) in [6.45, 7) is 3.16. The van der Waals surface area contributed by atoms with Crippen LogP contribution in [-0.4, -0.2) is 18.5 Å². The highest BCUT2D eigenvalue weighted by Crippen LogP contribution is 2.24. The lowest BCUT2D eigenvalue weighted by atomic mass is 10.1. The minimum absolute atomic E-state index is 0.117. The maximum atomic E-state index is 12.9. The molecule has 0 saturated carbocycles. The van der Waals surface area contributed by atoms with Crippen LogP contribution in [0.4, 0.5) is 5.69 Å². The van der Waals surface area contributed by atoms with E-state index in [1.54, 1.807) is 36.4 Å². The number of esters is 1. The van der Waals surface area contributed by atoms with Crippen molar-refractivity contribution < 1.29 is 23.5 Å². The normalized spacial score (nSPS) is 10.6. The molecule has 0 aliphatic carbocycles. The Balaban J connectivity index is 1.45. The van der Waals surface area contributed by atoms with Crippen molar-refractivity contribution in [1.82, 2.24) is 0 Å². The van der Waals surface area contributed by atoms with E-state index in [2.05, 4.69) is 5.32 Å². The molecule has 1 amide bonds.